The van der Waals surface area contributed by atoms with Gasteiger partial charge in [0.15, 0.2) is 5.84 Å². The van der Waals surface area contributed by atoms with E-state index in [9.17, 15) is 4.79 Å². The van der Waals surface area contributed by atoms with E-state index in [2.05, 4.69) is 14.7 Å². The van der Waals surface area contributed by atoms with Crippen LogP contribution in [0.4, 0.5) is 0 Å². The minimum absolute atomic E-state index is 0.0556. The normalized spacial score (nSPS) is 16.9. The van der Waals surface area contributed by atoms with Gasteiger partial charge in [0.1, 0.15) is 5.04 Å². The molecule has 1 aromatic heterocycles. The Morgan fingerprint density at radius 1 is 1.03 bits per heavy atom. The van der Waals surface area contributed by atoms with Crippen molar-refractivity contribution in [3.63, 3.8) is 0 Å². The summed E-state index contributed by atoms with van der Waals surface area (Å²) in [4.78, 5) is 17.0. The molecule has 0 radical (unpaired) electrons. The van der Waals surface area contributed by atoms with Gasteiger partial charge in [0.25, 0.3) is 5.91 Å². The minimum atomic E-state index is -0.408. The first-order valence-electron chi connectivity index (χ1n) is 10.3. The largest absolute Gasteiger partial charge is 0.318 e. The highest BCUT2D eigenvalue weighted by Crippen LogP contribution is 2.30. The first-order chi connectivity index (χ1) is 15.5. The van der Waals surface area contributed by atoms with E-state index in [1.165, 1.54) is 16.8 Å². The summed E-state index contributed by atoms with van der Waals surface area (Å²) in [6.45, 7) is 4.05. The van der Waals surface area contributed by atoms with Gasteiger partial charge in [-0.3, -0.25) is 10.2 Å². The van der Waals surface area contributed by atoms with Crippen molar-refractivity contribution >= 4 is 39.8 Å². The Morgan fingerprint density at radius 3 is 2.44 bits per heavy atom. The second-order valence-corrected chi connectivity index (χ2v) is 8.71. The van der Waals surface area contributed by atoms with Gasteiger partial charge in [-0.1, -0.05) is 48.5 Å². The lowest BCUT2D eigenvalue weighted by Crippen LogP contribution is -2.35. The van der Waals surface area contributed by atoms with Crippen LogP contribution in [0.1, 0.15) is 22.5 Å². The van der Waals surface area contributed by atoms with E-state index >= 15 is 0 Å². The first-order valence-corrected chi connectivity index (χ1v) is 11.1. The second-order valence-electron chi connectivity index (χ2n) is 7.67. The van der Waals surface area contributed by atoms with E-state index in [4.69, 9.17) is 5.41 Å². The fourth-order valence-electron chi connectivity index (χ4n) is 3.94. The maximum atomic E-state index is 12.8. The molecule has 0 atom stereocenters. The van der Waals surface area contributed by atoms with E-state index in [-0.39, 0.29) is 11.4 Å². The van der Waals surface area contributed by atoms with Gasteiger partial charge in [-0.25, -0.2) is 0 Å². The molecular formula is C25H21N5OS. The molecule has 0 saturated carbocycles. The molecule has 0 saturated heterocycles. The number of benzene rings is 2. The van der Waals surface area contributed by atoms with Gasteiger partial charge in [0.05, 0.1) is 5.57 Å². The summed E-state index contributed by atoms with van der Waals surface area (Å²) in [6, 6.07) is 22.1. The number of nitrogens with one attached hydrogen (secondary N) is 1. The average molecular weight is 440 g/mol. The zero-order valence-corrected chi connectivity index (χ0v) is 18.6. The van der Waals surface area contributed by atoms with Crippen molar-refractivity contribution in [2.24, 2.45) is 10.1 Å². The van der Waals surface area contributed by atoms with Crippen molar-refractivity contribution in [1.82, 2.24) is 9.58 Å². The summed E-state index contributed by atoms with van der Waals surface area (Å²) in [5.74, 6) is -0.352. The van der Waals surface area contributed by atoms with Crippen LogP contribution in [0, 0.1) is 19.3 Å². The number of fused-ring (bicyclic) bond motifs is 1. The Morgan fingerprint density at radius 2 is 1.72 bits per heavy atom. The first kappa shape index (κ1) is 20.2. The quantitative estimate of drug-likeness (QED) is 0.584. The standard InChI is InChI=1S/C25H21N5OS/c1-16-13-19(17(2)29(16)20-11-7-4-8-12-20)15-21-23(26)30-25(27-24(21)31)32-22(28-30)14-18-9-5-3-6-10-18/h3-13,15,26H,14H2,1-2H3/b21-15-,26-23?. The number of carbonyl (C=O) groups is 1. The SMILES string of the molecule is Cc1cc(/C=C2/C(=N)N3N=C(Cc4ccccc4)SC3=NC2=O)c(C)n1-c1ccccc1. The third kappa shape index (κ3) is 3.61. The summed E-state index contributed by atoms with van der Waals surface area (Å²) in [7, 11) is 0. The third-order valence-electron chi connectivity index (χ3n) is 5.48. The number of carbonyl (C=O) groups excluding carboxylic acids is 1. The van der Waals surface area contributed by atoms with Crippen LogP contribution < -0.4 is 0 Å². The van der Waals surface area contributed by atoms with Crippen molar-refractivity contribution in [3.05, 3.63) is 94.8 Å². The zero-order chi connectivity index (χ0) is 22.2. The van der Waals surface area contributed by atoms with E-state index in [1.807, 2.05) is 80.6 Å². The topological polar surface area (TPSA) is 73.8 Å². The number of para-hydroxylation sites is 1. The molecule has 158 valence electrons. The zero-order valence-electron chi connectivity index (χ0n) is 17.7. The smallest absolute Gasteiger partial charge is 0.283 e. The highest BCUT2D eigenvalue weighted by atomic mass is 32.2. The molecule has 0 aliphatic carbocycles. The van der Waals surface area contributed by atoms with Gasteiger partial charge in [-0.05, 0) is 61.0 Å². The lowest BCUT2D eigenvalue weighted by atomic mass is 10.1. The van der Waals surface area contributed by atoms with Crippen LogP contribution in [0.25, 0.3) is 11.8 Å². The Hall–Kier alpha value is -3.71. The van der Waals surface area contributed by atoms with Gasteiger partial charge < -0.3 is 4.57 Å². The van der Waals surface area contributed by atoms with Crippen molar-refractivity contribution in [3.8, 4) is 5.69 Å². The predicted octanol–water partition coefficient (Wildman–Crippen LogP) is 4.96. The molecule has 2 aliphatic rings. The van der Waals surface area contributed by atoms with E-state index < -0.39 is 5.91 Å². The molecule has 5 rings (SSSR count). The molecule has 1 N–H and O–H groups in total. The van der Waals surface area contributed by atoms with Crippen LogP contribution >= 0.6 is 11.8 Å². The van der Waals surface area contributed by atoms with Crippen LogP contribution in [0.2, 0.25) is 0 Å². The van der Waals surface area contributed by atoms with Crippen molar-refractivity contribution in [1.29, 1.82) is 5.41 Å². The Bertz CT molecular complexity index is 1320. The predicted molar refractivity (Wildman–Crippen MR) is 130 cm³/mol. The Kier molecular flexibility index (Phi) is 5.11. The average Bonchev–Trinajstić information content (AvgIpc) is 3.32. The molecule has 32 heavy (non-hydrogen) atoms. The molecule has 2 aliphatic heterocycles. The van der Waals surface area contributed by atoms with Crippen LogP contribution in [-0.2, 0) is 11.2 Å². The van der Waals surface area contributed by atoms with Gasteiger partial charge in [0, 0.05) is 23.5 Å². The number of amidine groups is 2. The monoisotopic (exact) mass is 439 g/mol. The van der Waals surface area contributed by atoms with Gasteiger partial charge >= 0.3 is 0 Å². The summed E-state index contributed by atoms with van der Waals surface area (Å²) >= 11 is 1.35. The molecule has 0 spiro atoms. The fraction of sp³-hybridized carbons (Fsp3) is 0.120. The second kappa shape index (κ2) is 8.09. The molecule has 0 fully saturated rings. The number of hydrogen-bond acceptors (Lipinski definition) is 4. The number of aliphatic imine (C=N–C) groups is 1. The summed E-state index contributed by atoms with van der Waals surface area (Å²) in [6.07, 6.45) is 2.39. The number of amides is 1. The molecule has 0 bridgehead atoms. The number of hydrogen-bond donors (Lipinski definition) is 1. The van der Waals surface area contributed by atoms with Crippen molar-refractivity contribution in [2.45, 2.75) is 20.3 Å². The van der Waals surface area contributed by atoms with Crippen molar-refractivity contribution < 1.29 is 4.79 Å². The number of thioether (sulfide) groups is 1. The molecule has 3 aromatic rings. The van der Waals surface area contributed by atoms with E-state index in [0.29, 0.717) is 11.6 Å². The molecule has 0 unspecified atom stereocenters. The van der Waals surface area contributed by atoms with Gasteiger partial charge in [-0.2, -0.15) is 15.1 Å². The summed E-state index contributed by atoms with van der Waals surface area (Å²) in [5.41, 5.74) is 5.37. The maximum Gasteiger partial charge on any atom is 0.283 e. The molecule has 6 nitrogen and oxygen atoms in total. The summed E-state index contributed by atoms with van der Waals surface area (Å²) in [5, 5.41) is 15.9. The van der Waals surface area contributed by atoms with Crippen LogP contribution in [0.3, 0.4) is 0 Å². The number of hydrazone groups is 1. The van der Waals surface area contributed by atoms with Crippen molar-refractivity contribution in [2.75, 3.05) is 0 Å². The van der Waals surface area contributed by atoms with Crippen LogP contribution in [-0.4, -0.2) is 31.5 Å². The highest BCUT2D eigenvalue weighted by Gasteiger charge is 2.35. The molecular weight excluding hydrogens is 418 g/mol. The van der Waals surface area contributed by atoms with E-state index in [0.717, 1.165) is 33.2 Å². The lowest BCUT2D eigenvalue weighted by Gasteiger charge is -2.20. The minimum Gasteiger partial charge on any atom is -0.318 e. The number of rotatable bonds is 4. The number of aryl methyl sites for hydroxylation is 1. The summed E-state index contributed by atoms with van der Waals surface area (Å²) < 4.78 is 2.14. The van der Waals surface area contributed by atoms with Gasteiger partial charge in [-0.15, -0.1) is 0 Å². The van der Waals surface area contributed by atoms with Crippen LogP contribution in [0.15, 0.2) is 82.4 Å². The fourth-order valence-corrected chi connectivity index (χ4v) is 4.86. The Labute approximate surface area is 190 Å². The maximum absolute atomic E-state index is 12.8. The van der Waals surface area contributed by atoms with Gasteiger partial charge in [0.2, 0.25) is 5.17 Å². The third-order valence-corrected chi connectivity index (χ3v) is 6.39. The lowest BCUT2D eigenvalue weighted by molar-refractivity contribution is -0.114. The molecule has 7 heteroatoms. The Balaban J connectivity index is 1.46. The highest BCUT2D eigenvalue weighted by molar-refractivity contribution is 8.26. The van der Waals surface area contributed by atoms with E-state index in [1.54, 1.807) is 6.08 Å². The molecule has 1 amide bonds. The molecule has 2 aromatic carbocycles. The number of nitrogens with zero attached hydrogens (tertiary/aromatic N) is 4. The molecule has 3 heterocycles. The van der Waals surface area contributed by atoms with Crippen LogP contribution in [0.5, 0.6) is 0 Å². The number of aromatic nitrogens is 1.